The quantitative estimate of drug-likeness (QED) is 0.0567. The van der Waals surface area contributed by atoms with Crippen molar-refractivity contribution in [1.29, 1.82) is 0 Å². The van der Waals surface area contributed by atoms with Gasteiger partial charge < -0.3 is 44.4 Å². The lowest BCUT2D eigenvalue weighted by Crippen LogP contribution is -2.54. The smallest absolute Gasteiger partial charge is 0.326 e. The van der Waals surface area contributed by atoms with Crippen LogP contribution < -0.4 is 39.3 Å². The molecule has 0 saturated heterocycles. The van der Waals surface area contributed by atoms with Crippen molar-refractivity contribution >= 4 is 42.3 Å². The fourth-order valence-electron chi connectivity index (χ4n) is 2.17. The molecule has 0 aliphatic rings. The van der Waals surface area contributed by atoms with Crippen LogP contribution in [0.3, 0.4) is 0 Å². The summed E-state index contributed by atoms with van der Waals surface area (Å²) in [5.41, 5.74) is 26.5. The van der Waals surface area contributed by atoms with Gasteiger partial charge in [0.2, 0.25) is 11.8 Å². The molecule has 0 aliphatic carbocycles. The molecular weight excluding hydrogens is 402 g/mol. The van der Waals surface area contributed by atoms with Crippen LogP contribution in [0.1, 0.15) is 25.7 Å². The number of carbonyl (C=O) groups is 3. The van der Waals surface area contributed by atoms with Crippen LogP contribution in [-0.2, 0) is 14.4 Å². The number of guanidine groups is 2. The molecule has 0 rings (SSSR count). The van der Waals surface area contributed by atoms with Crippen molar-refractivity contribution in [2.45, 2.75) is 43.8 Å². The number of nitrogens with one attached hydrogen (secondary N) is 2. The Kier molecular flexibility index (Phi) is 12.9. The highest BCUT2D eigenvalue weighted by Crippen LogP contribution is 2.04. The molecule has 2 amide bonds. The third-order valence-corrected chi connectivity index (χ3v) is 4.07. The minimum absolute atomic E-state index is 0.0801. The van der Waals surface area contributed by atoms with Crippen molar-refractivity contribution in [1.82, 2.24) is 10.6 Å². The summed E-state index contributed by atoms with van der Waals surface area (Å²) in [4.78, 5) is 43.6. The predicted molar refractivity (Wildman–Crippen MR) is 113 cm³/mol. The second-order valence-electron chi connectivity index (χ2n) is 6.15. The van der Waals surface area contributed by atoms with Gasteiger partial charge in [-0.25, -0.2) is 4.79 Å². The van der Waals surface area contributed by atoms with E-state index < -0.39 is 35.9 Å². The zero-order valence-corrected chi connectivity index (χ0v) is 17.0. The molecule has 0 aromatic heterocycles. The summed E-state index contributed by atoms with van der Waals surface area (Å²) in [6, 6.07) is -3.10. The first-order valence-corrected chi connectivity index (χ1v) is 9.52. The number of hydrogen-bond donors (Lipinski definition) is 9. The van der Waals surface area contributed by atoms with E-state index in [1.807, 2.05) is 0 Å². The van der Waals surface area contributed by atoms with Gasteiger partial charge in [0.25, 0.3) is 0 Å². The molecule has 0 aromatic rings. The van der Waals surface area contributed by atoms with Crippen LogP contribution in [-0.4, -0.2) is 71.8 Å². The Morgan fingerprint density at radius 3 is 1.72 bits per heavy atom. The van der Waals surface area contributed by atoms with E-state index in [2.05, 4.69) is 33.2 Å². The lowest BCUT2D eigenvalue weighted by Gasteiger charge is -2.22. The van der Waals surface area contributed by atoms with E-state index in [1.54, 1.807) is 0 Å². The van der Waals surface area contributed by atoms with Crippen LogP contribution in [0.4, 0.5) is 0 Å². The lowest BCUT2D eigenvalue weighted by molar-refractivity contribution is -0.142. The molecule has 29 heavy (non-hydrogen) atoms. The van der Waals surface area contributed by atoms with Crippen LogP contribution in [0.2, 0.25) is 0 Å². The molecule has 0 unspecified atom stereocenters. The van der Waals surface area contributed by atoms with Gasteiger partial charge in [-0.15, -0.1) is 0 Å². The van der Waals surface area contributed by atoms with Crippen molar-refractivity contribution < 1.29 is 19.5 Å². The maximum atomic E-state index is 12.6. The molecule has 0 aliphatic heterocycles. The Labute approximate surface area is 174 Å². The maximum Gasteiger partial charge on any atom is 0.326 e. The molecule has 166 valence electrons. The number of carbonyl (C=O) groups excluding carboxylic acids is 2. The van der Waals surface area contributed by atoms with Crippen LogP contribution >= 0.6 is 12.6 Å². The van der Waals surface area contributed by atoms with Crippen LogP contribution in [0.5, 0.6) is 0 Å². The van der Waals surface area contributed by atoms with Crippen molar-refractivity contribution in [3.63, 3.8) is 0 Å². The summed E-state index contributed by atoms with van der Waals surface area (Å²) < 4.78 is 0. The number of nitrogens with zero attached hydrogens (tertiary/aromatic N) is 2. The van der Waals surface area contributed by atoms with Gasteiger partial charge in [0.15, 0.2) is 11.9 Å². The summed E-state index contributed by atoms with van der Waals surface area (Å²) >= 11 is 3.94. The summed E-state index contributed by atoms with van der Waals surface area (Å²) in [6.45, 7) is 0.457. The predicted octanol–water partition coefficient (Wildman–Crippen LogP) is -3.60. The number of thiol groups is 1. The molecule has 0 aromatic carbocycles. The lowest BCUT2D eigenvalue weighted by atomic mass is 10.1. The van der Waals surface area contributed by atoms with Crippen molar-refractivity contribution in [2.75, 3.05) is 18.8 Å². The van der Waals surface area contributed by atoms with E-state index in [0.717, 1.165) is 0 Å². The van der Waals surface area contributed by atoms with Crippen molar-refractivity contribution in [3.8, 4) is 0 Å². The Hall–Kier alpha value is -2.74. The highest BCUT2D eigenvalue weighted by Gasteiger charge is 2.27. The number of aliphatic imine (C=N–C) groups is 2. The van der Waals surface area contributed by atoms with Crippen LogP contribution in [0.25, 0.3) is 0 Å². The molecule has 13 nitrogen and oxygen atoms in total. The second kappa shape index (κ2) is 14.3. The minimum atomic E-state index is -1.22. The molecule has 3 atom stereocenters. The normalized spacial score (nSPS) is 13.4. The number of nitrogens with two attached hydrogens (primary N) is 5. The number of carboxylic acid groups (broad SMARTS) is 1. The first kappa shape index (κ1) is 26.3. The zero-order chi connectivity index (χ0) is 22.4. The molecule has 13 N–H and O–H groups in total. The molecule has 0 bridgehead atoms. The van der Waals surface area contributed by atoms with Gasteiger partial charge in [-0.2, -0.15) is 12.6 Å². The molecule has 0 radical (unpaired) electrons. The van der Waals surface area contributed by atoms with E-state index in [1.165, 1.54) is 0 Å². The van der Waals surface area contributed by atoms with Gasteiger partial charge in [0.05, 0.1) is 6.04 Å². The van der Waals surface area contributed by atoms with Crippen LogP contribution in [0.15, 0.2) is 9.98 Å². The molecule has 14 heteroatoms. The number of hydrogen-bond acceptors (Lipinski definition) is 7. The topological polar surface area (TPSA) is 250 Å². The molecule has 0 saturated carbocycles. The number of rotatable bonds is 14. The van der Waals surface area contributed by atoms with E-state index in [0.29, 0.717) is 12.8 Å². The highest BCUT2D eigenvalue weighted by molar-refractivity contribution is 7.80. The van der Waals surface area contributed by atoms with Gasteiger partial charge in [0.1, 0.15) is 12.1 Å². The molecular formula is C15H31N9O4S. The largest absolute Gasteiger partial charge is 0.480 e. The third-order valence-electron chi connectivity index (χ3n) is 3.67. The Morgan fingerprint density at radius 1 is 0.862 bits per heavy atom. The van der Waals surface area contributed by atoms with E-state index in [9.17, 15) is 19.5 Å². The van der Waals surface area contributed by atoms with E-state index in [4.69, 9.17) is 28.7 Å². The molecule has 0 heterocycles. The first-order chi connectivity index (χ1) is 13.6. The van der Waals surface area contributed by atoms with Crippen molar-refractivity contribution in [3.05, 3.63) is 0 Å². The van der Waals surface area contributed by atoms with E-state index in [-0.39, 0.29) is 43.6 Å². The third kappa shape index (κ3) is 12.4. The Bertz CT molecular complexity index is 607. The maximum absolute atomic E-state index is 12.6. The minimum Gasteiger partial charge on any atom is -0.480 e. The fraction of sp³-hybridized carbons (Fsp3) is 0.667. The van der Waals surface area contributed by atoms with Gasteiger partial charge in [-0.05, 0) is 25.7 Å². The van der Waals surface area contributed by atoms with Gasteiger partial charge in [0, 0.05) is 18.8 Å². The Morgan fingerprint density at radius 2 is 1.31 bits per heavy atom. The number of aliphatic carboxylic acids is 1. The number of amides is 2. The summed E-state index contributed by atoms with van der Waals surface area (Å²) in [6.07, 6.45) is 0.979. The fourth-order valence-corrected chi connectivity index (χ4v) is 2.33. The second-order valence-corrected chi connectivity index (χ2v) is 6.51. The molecule has 0 spiro atoms. The zero-order valence-electron chi connectivity index (χ0n) is 16.1. The first-order valence-electron chi connectivity index (χ1n) is 8.89. The van der Waals surface area contributed by atoms with Gasteiger partial charge >= 0.3 is 5.97 Å². The molecule has 0 fully saturated rings. The summed E-state index contributed by atoms with van der Waals surface area (Å²) in [5, 5.41) is 14.2. The average Bonchev–Trinajstić information content (AvgIpc) is 2.64. The standard InChI is InChI=1S/C15H31N9O4S/c16-8(7-29)11(25)23-9(3-1-5-21-14(17)18)12(26)24-10(13(27)28)4-2-6-22-15(19)20/h8-10,29H,1-7,16H2,(H,23,25)(H,24,26)(H,27,28)(H4,17,18,21)(H4,19,20,22)/t8-,9-,10-/m0/s1. The van der Waals surface area contributed by atoms with E-state index >= 15 is 0 Å². The Balaban J connectivity index is 5.01. The summed E-state index contributed by atoms with van der Waals surface area (Å²) in [5.74, 6) is -2.59. The highest BCUT2D eigenvalue weighted by atomic mass is 32.1. The SMILES string of the molecule is NC(N)=NCCC[C@H](NC(=O)[C@H](CCCN=C(N)N)NC(=O)[C@@H](N)CS)C(=O)O. The van der Waals surface area contributed by atoms with Gasteiger partial charge in [-0.3, -0.25) is 19.6 Å². The monoisotopic (exact) mass is 433 g/mol. The van der Waals surface area contributed by atoms with Gasteiger partial charge in [-0.1, -0.05) is 0 Å². The summed E-state index contributed by atoms with van der Waals surface area (Å²) in [7, 11) is 0. The van der Waals surface area contributed by atoms with Crippen molar-refractivity contribution in [2.24, 2.45) is 38.7 Å². The van der Waals surface area contributed by atoms with Crippen LogP contribution in [0, 0.1) is 0 Å². The number of carboxylic acids is 1. The average molecular weight is 434 g/mol.